The van der Waals surface area contributed by atoms with E-state index in [0.717, 1.165) is 41.8 Å². The number of anilines is 1. The predicted octanol–water partition coefficient (Wildman–Crippen LogP) is 2.60. The predicted molar refractivity (Wildman–Crippen MR) is 106 cm³/mol. The molecule has 0 bridgehead atoms. The molecule has 8 heteroatoms. The number of ether oxygens (including phenoxy) is 2. The van der Waals surface area contributed by atoms with Gasteiger partial charge in [-0.05, 0) is 50.7 Å². The van der Waals surface area contributed by atoms with Crippen molar-refractivity contribution in [1.82, 2.24) is 9.97 Å². The van der Waals surface area contributed by atoms with Crippen LogP contribution in [-0.2, 0) is 4.74 Å². The quantitative estimate of drug-likeness (QED) is 0.786. The zero-order chi connectivity index (χ0) is 19.8. The van der Waals surface area contributed by atoms with Gasteiger partial charge in [0.25, 0.3) is 0 Å². The molecule has 1 N–H and O–H groups in total. The number of carbonyl (C=O) groups excluding carboxylic acids is 1. The molecule has 0 aromatic carbocycles. The van der Waals surface area contributed by atoms with Crippen molar-refractivity contribution in [3.8, 4) is 5.75 Å². The number of aromatic nitrogens is 2. The molecule has 7 nitrogen and oxygen atoms in total. The van der Waals surface area contributed by atoms with Crippen LogP contribution in [0.3, 0.4) is 0 Å². The molecule has 2 aromatic rings. The summed E-state index contributed by atoms with van der Waals surface area (Å²) in [6.07, 6.45) is 2.35. The van der Waals surface area contributed by atoms with E-state index in [1.54, 1.807) is 6.20 Å². The molecule has 3 heterocycles. The van der Waals surface area contributed by atoms with Gasteiger partial charge < -0.3 is 19.5 Å². The zero-order valence-corrected chi connectivity index (χ0v) is 17.1. The zero-order valence-electron chi connectivity index (χ0n) is 16.3. The minimum atomic E-state index is -0.496. The van der Waals surface area contributed by atoms with Gasteiger partial charge in [-0.1, -0.05) is 11.3 Å². The third-order valence-electron chi connectivity index (χ3n) is 5.69. The molecule has 1 aliphatic heterocycles. The van der Waals surface area contributed by atoms with E-state index < -0.39 is 6.10 Å². The van der Waals surface area contributed by atoms with Crippen LogP contribution in [0.25, 0.3) is 0 Å². The van der Waals surface area contributed by atoms with Crippen LogP contribution in [0.4, 0.5) is 5.13 Å². The molecule has 1 saturated heterocycles. The highest BCUT2D eigenvalue weighted by Crippen LogP contribution is 2.40. The Hall–Kier alpha value is -2.19. The van der Waals surface area contributed by atoms with Gasteiger partial charge in [0.15, 0.2) is 5.13 Å². The monoisotopic (exact) mass is 403 g/mol. The molecule has 1 aliphatic carbocycles. The number of aliphatic hydroxyl groups excluding tert-OH is 1. The molecule has 4 atom stereocenters. The maximum Gasteiger partial charge on any atom is 0.349 e. The van der Waals surface area contributed by atoms with Crippen LogP contribution in [0.1, 0.15) is 33.9 Å². The lowest BCUT2D eigenvalue weighted by molar-refractivity contribution is -0.0236. The highest BCUT2D eigenvalue weighted by Gasteiger charge is 2.43. The number of esters is 1. The average molecular weight is 404 g/mol. The second-order valence-corrected chi connectivity index (χ2v) is 8.66. The molecular weight excluding hydrogens is 378 g/mol. The standard InChI is InChI=1S/C20H25N3O4S/c1-11-4-5-16(12(2)22-11)27-17-7-14-10-23(9-13(14)6-15(17)24)20-21-8-18(28-20)19(25)26-3/h4-5,8,13-15,17,24H,6-7,9-10H2,1-3H3/t13-,14+,15+,17+/m0/s1. The molecule has 1 saturated carbocycles. The first-order valence-electron chi connectivity index (χ1n) is 9.52. The van der Waals surface area contributed by atoms with Crippen LogP contribution >= 0.6 is 11.3 Å². The second kappa shape index (κ2) is 7.67. The number of aryl methyl sites for hydroxylation is 2. The molecule has 0 radical (unpaired) electrons. The topological polar surface area (TPSA) is 84.8 Å². The third-order valence-corrected chi connectivity index (χ3v) is 6.73. The van der Waals surface area contributed by atoms with Gasteiger partial charge in [-0.25, -0.2) is 9.78 Å². The highest BCUT2D eigenvalue weighted by molar-refractivity contribution is 7.17. The van der Waals surface area contributed by atoms with Gasteiger partial charge in [0.05, 0.1) is 25.1 Å². The molecule has 0 unspecified atom stereocenters. The lowest BCUT2D eigenvalue weighted by atomic mass is 9.78. The number of pyridine rings is 1. The third kappa shape index (κ3) is 3.71. The molecule has 28 heavy (non-hydrogen) atoms. The molecule has 0 spiro atoms. The van der Waals surface area contributed by atoms with E-state index in [1.807, 2.05) is 26.0 Å². The van der Waals surface area contributed by atoms with E-state index in [2.05, 4.69) is 14.9 Å². The minimum absolute atomic E-state index is 0.230. The van der Waals surface area contributed by atoms with Gasteiger partial charge in [0.1, 0.15) is 16.7 Å². The highest BCUT2D eigenvalue weighted by atomic mass is 32.1. The van der Waals surface area contributed by atoms with Crippen molar-refractivity contribution in [3.05, 3.63) is 34.6 Å². The van der Waals surface area contributed by atoms with Crippen molar-refractivity contribution in [2.75, 3.05) is 25.1 Å². The van der Waals surface area contributed by atoms with Gasteiger partial charge in [-0.15, -0.1) is 0 Å². The van der Waals surface area contributed by atoms with Gasteiger partial charge >= 0.3 is 5.97 Å². The van der Waals surface area contributed by atoms with Crippen molar-refractivity contribution >= 4 is 22.4 Å². The van der Waals surface area contributed by atoms with E-state index in [9.17, 15) is 9.90 Å². The van der Waals surface area contributed by atoms with E-state index >= 15 is 0 Å². The fraction of sp³-hybridized carbons (Fsp3) is 0.550. The maximum atomic E-state index is 11.7. The van der Waals surface area contributed by atoms with Crippen molar-refractivity contribution in [1.29, 1.82) is 0 Å². The minimum Gasteiger partial charge on any atom is -0.486 e. The fourth-order valence-corrected chi connectivity index (χ4v) is 5.09. The second-order valence-electron chi connectivity index (χ2n) is 7.66. The van der Waals surface area contributed by atoms with Crippen LogP contribution in [0.15, 0.2) is 18.3 Å². The summed E-state index contributed by atoms with van der Waals surface area (Å²) in [6.45, 7) is 5.58. The summed E-state index contributed by atoms with van der Waals surface area (Å²) in [5, 5.41) is 11.5. The number of hydrogen-bond acceptors (Lipinski definition) is 8. The van der Waals surface area contributed by atoms with E-state index in [0.29, 0.717) is 23.1 Å². The van der Waals surface area contributed by atoms with E-state index in [-0.39, 0.29) is 12.1 Å². The van der Waals surface area contributed by atoms with E-state index in [4.69, 9.17) is 9.47 Å². The van der Waals surface area contributed by atoms with Crippen molar-refractivity contribution in [3.63, 3.8) is 0 Å². The Morgan fingerprint density at radius 2 is 2.00 bits per heavy atom. The summed E-state index contributed by atoms with van der Waals surface area (Å²) < 4.78 is 10.9. The Balaban J connectivity index is 1.43. The smallest absolute Gasteiger partial charge is 0.349 e. The van der Waals surface area contributed by atoms with Crippen LogP contribution in [0.5, 0.6) is 5.75 Å². The first-order valence-corrected chi connectivity index (χ1v) is 10.3. The number of thiazole rings is 1. The summed E-state index contributed by atoms with van der Waals surface area (Å²) >= 11 is 1.35. The summed E-state index contributed by atoms with van der Waals surface area (Å²) in [7, 11) is 1.37. The van der Waals surface area contributed by atoms with Crippen molar-refractivity contribution in [2.45, 2.75) is 38.9 Å². The normalized spacial score (nSPS) is 26.8. The Morgan fingerprint density at radius 1 is 1.25 bits per heavy atom. The lowest BCUT2D eigenvalue weighted by Crippen LogP contribution is -2.42. The maximum absolute atomic E-state index is 11.7. The summed E-state index contributed by atoms with van der Waals surface area (Å²) in [5.41, 5.74) is 1.80. The Bertz CT molecular complexity index is 871. The lowest BCUT2D eigenvalue weighted by Gasteiger charge is -2.35. The van der Waals surface area contributed by atoms with Gasteiger partial charge in [-0.3, -0.25) is 4.98 Å². The van der Waals surface area contributed by atoms with Crippen LogP contribution in [0.2, 0.25) is 0 Å². The number of rotatable bonds is 4. The Morgan fingerprint density at radius 3 is 2.71 bits per heavy atom. The Kier molecular flexibility index (Phi) is 5.25. The van der Waals surface area contributed by atoms with Crippen LogP contribution in [0, 0.1) is 25.7 Å². The summed E-state index contributed by atoms with van der Waals surface area (Å²) in [6, 6.07) is 3.86. The number of methoxy groups -OCH3 is 1. The molecule has 2 aromatic heterocycles. The fourth-order valence-electron chi connectivity index (χ4n) is 4.24. The van der Waals surface area contributed by atoms with E-state index in [1.165, 1.54) is 18.4 Å². The number of carbonyl (C=O) groups is 1. The molecule has 2 fully saturated rings. The van der Waals surface area contributed by atoms with Crippen LogP contribution < -0.4 is 9.64 Å². The first kappa shape index (κ1) is 19.1. The summed E-state index contributed by atoms with van der Waals surface area (Å²) in [4.78, 5) is 23.2. The average Bonchev–Trinajstić information content (AvgIpc) is 3.30. The van der Waals surface area contributed by atoms with Crippen LogP contribution in [-0.4, -0.2) is 53.5 Å². The molecule has 4 rings (SSSR count). The molecular formula is C20H25N3O4S. The largest absolute Gasteiger partial charge is 0.486 e. The SMILES string of the molecule is COC(=O)c1cnc(N2C[C@H]3C[C@@H](Oc4ccc(C)nc4C)[C@H](O)C[C@H]3C2)s1. The number of aliphatic hydroxyl groups is 1. The summed E-state index contributed by atoms with van der Waals surface area (Å²) in [5.74, 6) is 1.21. The number of fused-ring (bicyclic) bond motifs is 1. The Labute approximate surface area is 168 Å². The molecule has 0 amide bonds. The van der Waals surface area contributed by atoms with Gasteiger partial charge in [-0.2, -0.15) is 0 Å². The molecule has 150 valence electrons. The van der Waals surface area contributed by atoms with Crippen molar-refractivity contribution < 1.29 is 19.4 Å². The number of hydrogen-bond donors (Lipinski definition) is 1. The van der Waals surface area contributed by atoms with Crippen molar-refractivity contribution in [2.24, 2.45) is 11.8 Å². The number of nitrogens with zero attached hydrogens (tertiary/aromatic N) is 3. The van der Waals surface area contributed by atoms with Gasteiger partial charge in [0, 0.05) is 18.8 Å². The first-order chi connectivity index (χ1) is 13.4. The molecule has 2 aliphatic rings. The van der Waals surface area contributed by atoms with Gasteiger partial charge in [0.2, 0.25) is 0 Å².